The first kappa shape index (κ1) is 10.7. The van der Waals surface area contributed by atoms with Crippen molar-refractivity contribution >= 4 is 6.29 Å². The maximum atomic E-state index is 10.2. The smallest absolute Gasteiger partial charge is 1.00 e. The molecule has 54 valence electrons. The van der Waals surface area contributed by atoms with E-state index in [0.29, 0.717) is 5.56 Å². The average molecular weight is 160 g/mol. The predicted octanol–water partition coefficient (Wildman–Crippen LogP) is -1.38. The molecule has 2 nitrogen and oxygen atoms in total. The first-order valence-corrected chi connectivity index (χ1v) is 2.96. The molecule has 0 spiro atoms. The molecule has 0 aromatic heterocycles. The number of benzene rings is 1. The van der Waals surface area contributed by atoms with Crippen molar-refractivity contribution in [3.8, 4) is 5.75 Å². The van der Waals surface area contributed by atoms with E-state index in [0.717, 1.165) is 12.0 Å². The van der Waals surface area contributed by atoms with Gasteiger partial charge >= 0.3 is 29.6 Å². The summed E-state index contributed by atoms with van der Waals surface area (Å²) in [6.45, 7) is 0. The Morgan fingerprint density at radius 3 is 2.27 bits per heavy atom. The summed E-state index contributed by atoms with van der Waals surface area (Å²) >= 11 is 0. The topological polar surface area (TPSA) is 26.3 Å². The van der Waals surface area contributed by atoms with E-state index in [-0.39, 0.29) is 31.0 Å². The van der Waals surface area contributed by atoms with Crippen LogP contribution in [-0.2, 0) is 0 Å². The molecule has 1 aromatic rings. The number of aldehydes is 1. The average Bonchev–Trinajstić information content (AvgIpc) is 2.05. The molecule has 0 aliphatic rings. The van der Waals surface area contributed by atoms with Gasteiger partial charge in [0.1, 0.15) is 12.0 Å². The van der Waals surface area contributed by atoms with Gasteiger partial charge in [-0.15, -0.1) is 0 Å². The van der Waals surface area contributed by atoms with Gasteiger partial charge in [0.05, 0.1) is 7.11 Å². The van der Waals surface area contributed by atoms with Crippen molar-refractivity contribution in [2.75, 3.05) is 7.11 Å². The number of carbonyl (C=O) groups excluding carboxylic acids is 1. The van der Waals surface area contributed by atoms with Crippen LogP contribution in [0.4, 0.5) is 0 Å². The summed E-state index contributed by atoms with van der Waals surface area (Å²) in [5.41, 5.74) is 0.667. The number of ether oxygens (including phenoxy) is 1. The van der Waals surface area contributed by atoms with Crippen LogP contribution in [-0.4, -0.2) is 13.4 Å². The standard InChI is InChI=1S/C8H8O2.Na.H/c1-10-8-4-2-7(6-9)3-5-8;;/h2-6H,1H3;;/q;+1;-1. The molecule has 0 fully saturated rings. The summed E-state index contributed by atoms with van der Waals surface area (Å²) in [4.78, 5) is 10.2. The molecule has 3 heteroatoms. The van der Waals surface area contributed by atoms with E-state index in [1.807, 2.05) is 0 Å². The van der Waals surface area contributed by atoms with Gasteiger partial charge in [-0.1, -0.05) is 0 Å². The first-order valence-electron chi connectivity index (χ1n) is 2.96. The molecule has 0 N–H and O–H groups in total. The Labute approximate surface area is 89.3 Å². The second-order valence-corrected chi connectivity index (χ2v) is 1.89. The summed E-state index contributed by atoms with van der Waals surface area (Å²) in [6, 6.07) is 6.94. The van der Waals surface area contributed by atoms with E-state index < -0.39 is 0 Å². The zero-order valence-electron chi connectivity index (χ0n) is 7.70. The largest absolute Gasteiger partial charge is 1.00 e. The molecule has 0 heterocycles. The molecule has 1 rings (SSSR count). The van der Waals surface area contributed by atoms with Crippen molar-refractivity contribution in [3.05, 3.63) is 29.8 Å². The number of carbonyl (C=O) groups is 1. The van der Waals surface area contributed by atoms with Crippen molar-refractivity contribution in [1.82, 2.24) is 0 Å². The summed E-state index contributed by atoms with van der Waals surface area (Å²) in [7, 11) is 1.59. The molecule has 0 bridgehead atoms. The van der Waals surface area contributed by atoms with Gasteiger partial charge in [-0.2, -0.15) is 0 Å². The second kappa shape index (κ2) is 5.35. The molecular weight excluding hydrogens is 151 g/mol. The molecule has 0 atom stereocenters. The normalized spacial score (nSPS) is 8.09. The SMILES string of the molecule is COc1ccc(C=O)cc1.[H-].[Na+]. The fourth-order valence-corrected chi connectivity index (χ4v) is 0.682. The van der Waals surface area contributed by atoms with E-state index in [9.17, 15) is 4.79 Å². The van der Waals surface area contributed by atoms with Gasteiger partial charge in [0, 0.05) is 5.56 Å². The van der Waals surface area contributed by atoms with Crippen LogP contribution in [0.3, 0.4) is 0 Å². The number of hydrogen-bond acceptors (Lipinski definition) is 2. The third kappa shape index (κ3) is 3.06. The maximum Gasteiger partial charge on any atom is 1.00 e. The predicted molar refractivity (Wildman–Crippen MR) is 39.5 cm³/mol. The fraction of sp³-hybridized carbons (Fsp3) is 0.125. The zero-order valence-corrected chi connectivity index (χ0v) is 8.70. The Bertz CT molecular complexity index is 223. The van der Waals surface area contributed by atoms with Crippen LogP contribution in [0, 0.1) is 0 Å². The summed E-state index contributed by atoms with van der Waals surface area (Å²) in [5.74, 6) is 0.769. The van der Waals surface area contributed by atoms with Gasteiger partial charge in [-0.05, 0) is 24.3 Å². The number of rotatable bonds is 2. The zero-order chi connectivity index (χ0) is 7.40. The molecule has 0 saturated heterocycles. The first-order chi connectivity index (χ1) is 4.86. The van der Waals surface area contributed by atoms with Crippen molar-refractivity contribution < 1.29 is 40.5 Å². The van der Waals surface area contributed by atoms with E-state index in [4.69, 9.17) is 4.74 Å². The molecule has 0 amide bonds. The monoisotopic (exact) mass is 160 g/mol. The fourth-order valence-electron chi connectivity index (χ4n) is 0.682. The molecule has 0 saturated carbocycles. The molecule has 0 aliphatic carbocycles. The molecule has 0 unspecified atom stereocenters. The van der Waals surface area contributed by atoms with E-state index in [1.165, 1.54) is 0 Å². The Balaban J connectivity index is 0. The van der Waals surface area contributed by atoms with Gasteiger partial charge in [0.25, 0.3) is 0 Å². The van der Waals surface area contributed by atoms with Gasteiger partial charge in [0.15, 0.2) is 0 Å². The van der Waals surface area contributed by atoms with Crippen LogP contribution in [0.25, 0.3) is 0 Å². The second-order valence-electron chi connectivity index (χ2n) is 1.89. The minimum atomic E-state index is 0. The van der Waals surface area contributed by atoms with Crippen LogP contribution in [0.2, 0.25) is 0 Å². The minimum Gasteiger partial charge on any atom is -1.00 e. The summed E-state index contributed by atoms with van der Waals surface area (Å²) in [5, 5.41) is 0. The van der Waals surface area contributed by atoms with E-state index in [1.54, 1.807) is 31.4 Å². The number of methoxy groups -OCH3 is 1. The quantitative estimate of drug-likeness (QED) is 0.394. The van der Waals surface area contributed by atoms with Crippen molar-refractivity contribution in [3.63, 3.8) is 0 Å². The summed E-state index contributed by atoms with van der Waals surface area (Å²) < 4.78 is 4.90. The van der Waals surface area contributed by atoms with E-state index in [2.05, 4.69) is 0 Å². The molecule has 0 aliphatic heterocycles. The van der Waals surface area contributed by atoms with Crippen molar-refractivity contribution in [2.45, 2.75) is 0 Å². The molecule has 1 aromatic carbocycles. The summed E-state index contributed by atoms with van der Waals surface area (Å²) in [6.07, 6.45) is 0.805. The van der Waals surface area contributed by atoms with Gasteiger partial charge < -0.3 is 6.16 Å². The van der Waals surface area contributed by atoms with Crippen molar-refractivity contribution in [1.29, 1.82) is 0 Å². The minimum absolute atomic E-state index is 0. The van der Waals surface area contributed by atoms with Crippen LogP contribution >= 0.6 is 0 Å². The van der Waals surface area contributed by atoms with Crippen LogP contribution in [0.15, 0.2) is 24.3 Å². The van der Waals surface area contributed by atoms with Gasteiger partial charge in [-0.25, -0.2) is 0 Å². The molecule has 0 radical (unpaired) electrons. The molecule has 11 heavy (non-hydrogen) atoms. The van der Waals surface area contributed by atoms with Crippen LogP contribution in [0.1, 0.15) is 11.8 Å². The Hall–Kier alpha value is -0.310. The number of hydrogen-bond donors (Lipinski definition) is 0. The van der Waals surface area contributed by atoms with Gasteiger partial charge in [0.2, 0.25) is 0 Å². The Morgan fingerprint density at radius 2 is 1.91 bits per heavy atom. The maximum absolute atomic E-state index is 10.2. The Morgan fingerprint density at radius 1 is 1.36 bits per heavy atom. The van der Waals surface area contributed by atoms with Crippen LogP contribution < -0.4 is 34.3 Å². The van der Waals surface area contributed by atoms with Gasteiger partial charge in [-0.3, -0.25) is 4.79 Å². The third-order valence-electron chi connectivity index (χ3n) is 1.25. The third-order valence-corrected chi connectivity index (χ3v) is 1.25. The van der Waals surface area contributed by atoms with Crippen molar-refractivity contribution in [2.24, 2.45) is 0 Å². The van der Waals surface area contributed by atoms with E-state index >= 15 is 0 Å². The molecular formula is C8H9NaO2. The Kier molecular flexibility index (Phi) is 5.20. The van der Waals surface area contributed by atoms with Crippen LogP contribution in [0.5, 0.6) is 5.75 Å².